The third-order valence-corrected chi connectivity index (χ3v) is 2.54. The molecule has 0 aliphatic heterocycles. The van der Waals surface area contributed by atoms with E-state index in [1.807, 2.05) is 13.1 Å². The Morgan fingerprint density at radius 2 is 2.07 bits per heavy atom. The molecule has 1 rings (SSSR count). The number of benzene rings is 1. The molecular weight excluding hydrogens is 221 g/mol. The van der Waals surface area contributed by atoms with E-state index < -0.39 is 0 Å². The zero-order chi connectivity index (χ0) is 10.4. The Morgan fingerprint density at radius 1 is 1.29 bits per heavy atom. The molecule has 0 amide bonds. The molecule has 0 saturated heterocycles. The van der Waals surface area contributed by atoms with Gasteiger partial charge in [0.2, 0.25) is 0 Å². The van der Waals surface area contributed by atoms with Crippen molar-refractivity contribution in [2.75, 3.05) is 20.2 Å². The minimum Gasteiger partial charge on any atom is -0.493 e. The molecule has 0 heterocycles. The summed E-state index contributed by atoms with van der Waals surface area (Å²) < 4.78 is 5.48. The monoisotopic (exact) mass is 234 g/mol. The third kappa shape index (κ3) is 3.74. The minimum atomic E-state index is 0.534. The van der Waals surface area contributed by atoms with Gasteiger partial charge in [0.1, 0.15) is 5.75 Å². The summed E-state index contributed by atoms with van der Waals surface area (Å²) in [7, 11) is 2.04. The van der Waals surface area contributed by atoms with Gasteiger partial charge >= 0.3 is 0 Å². The van der Waals surface area contributed by atoms with Crippen molar-refractivity contribution >= 4 is 23.2 Å². The predicted octanol–water partition coefficient (Wildman–Crippen LogP) is 1.96. The van der Waals surface area contributed by atoms with Gasteiger partial charge in [-0.15, -0.1) is 0 Å². The van der Waals surface area contributed by atoms with Crippen LogP contribution in [-0.2, 0) is 0 Å². The topological polar surface area (TPSA) is 25.8 Å². The molecule has 0 spiro atoms. The summed E-state index contributed by atoms with van der Waals surface area (Å²) in [4.78, 5) is 0. The highest BCUT2D eigenvalue weighted by atomic mass is 35.5. The number of ether oxygens (including phenoxy) is 1. The summed E-state index contributed by atoms with van der Waals surface area (Å²) in [5, 5.41) is 3.21. The lowest BCUT2D eigenvalue weighted by atomic mass is 10.3. The molecule has 1 aromatic carbocycles. The lowest BCUT2D eigenvalue weighted by molar-refractivity contribution is -0.627. The summed E-state index contributed by atoms with van der Waals surface area (Å²) in [6.45, 7) is 1.78. The smallest absolute Gasteiger partial charge is 0.120 e. The van der Waals surface area contributed by atoms with E-state index in [4.69, 9.17) is 27.9 Å². The number of quaternary nitrogens is 1. The van der Waals surface area contributed by atoms with Crippen LogP contribution in [0.1, 0.15) is 6.42 Å². The van der Waals surface area contributed by atoms with Gasteiger partial charge in [-0.2, -0.15) is 0 Å². The summed E-state index contributed by atoms with van der Waals surface area (Å²) in [5.41, 5.74) is 0. The van der Waals surface area contributed by atoms with Gasteiger partial charge in [0.05, 0.1) is 30.2 Å². The van der Waals surface area contributed by atoms with Crippen LogP contribution in [0, 0.1) is 0 Å². The zero-order valence-electron chi connectivity index (χ0n) is 8.09. The maximum Gasteiger partial charge on any atom is 0.120 e. The quantitative estimate of drug-likeness (QED) is 0.775. The van der Waals surface area contributed by atoms with Crippen LogP contribution in [0.15, 0.2) is 18.2 Å². The zero-order valence-corrected chi connectivity index (χ0v) is 9.61. The van der Waals surface area contributed by atoms with Crippen LogP contribution in [-0.4, -0.2) is 20.2 Å². The minimum absolute atomic E-state index is 0.534. The fourth-order valence-electron chi connectivity index (χ4n) is 1.04. The van der Waals surface area contributed by atoms with Crippen molar-refractivity contribution in [3.8, 4) is 5.75 Å². The van der Waals surface area contributed by atoms with Crippen molar-refractivity contribution in [2.24, 2.45) is 0 Å². The van der Waals surface area contributed by atoms with Gasteiger partial charge in [-0.05, 0) is 12.1 Å². The van der Waals surface area contributed by atoms with E-state index in [1.54, 1.807) is 12.1 Å². The molecule has 2 N–H and O–H groups in total. The summed E-state index contributed by atoms with van der Waals surface area (Å²) >= 11 is 11.6. The number of hydrogen-bond acceptors (Lipinski definition) is 1. The molecule has 0 aliphatic carbocycles. The molecule has 78 valence electrons. The molecule has 1 aromatic rings. The molecule has 0 bridgehead atoms. The molecule has 14 heavy (non-hydrogen) atoms. The van der Waals surface area contributed by atoms with Crippen molar-refractivity contribution in [3.63, 3.8) is 0 Å². The Bertz CT molecular complexity index is 291. The lowest BCUT2D eigenvalue weighted by Crippen LogP contribution is -2.79. The van der Waals surface area contributed by atoms with E-state index in [1.165, 1.54) is 0 Å². The second-order valence-corrected chi connectivity index (χ2v) is 3.79. The summed E-state index contributed by atoms with van der Waals surface area (Å²) in [6, 6.07) is 5.30. The number of halogens is 2. The molecule has 0 radical (unpaired) electrons. The number of hydrogen-bond donors (Lipinski definition) is 1. The van der Waals surface area contributed by atoms with Crippen molar-refractivity contribution in [1.29, 1.82) is 0 Å². The molecule has 0 aromatic heterocycles. The van der Waals surface area contributed by atoms with Gasteiger partial charge in [-0.25, -0.2) is 0 Å². The lowest BCUT2D eigenvalue weighted by Gasteiger charge is -2.05. The molecule has 2 nitrogen and oxygen atoms in total. The van der Waals surface area contributed by atoms with Crippen molar-refractivity contribution in [2.45, 2.75) is 6.42 Å². The van der Waals surface area contributed by atoms with Crippen LogP contribution in [0.25, 0.3) is 0 Å². The molecule has 0 unspecified atom stereocenters. The SMILES string of the molecule is C[NH2+]CCCOc1ccc(Cl)c(Cl)c1. The van der Waals surface area contributed by atoms with Gasteiger partial charge in [-0.3, -0.25) is 0 Å². The van der Waals surface area contributed by atoms with E-state index in [9.17, 15) is 0 Å². The van der Waals surface area contributed by atoms with Crippen LogP contribution < -0.4 is 10.1 Å². The van der Waals surface area contributed by atoms with E-state index in [0.717, 1.165) is 18.7 Å². The molecule has 0 aliphatic rings. The van der Waals surface area contributed by atoms with E-state index in [-0.39, 0.29) is 0 Å². The predicted molar refractivity (Wildman–Crippen MR) is 59.3 cm³/mol. The van der Waals surface area contributed by atoms with Crippen LogP contribution in [0.5, 0.6) is 5.75 Å². The van der Waals surface area contributed by atoms with E-state index >= 15 is 0 Å². The molecule has 0 fully saturated rings. The highest BCUT2D eigenvalue weighted by molar-refractivity contribution is 6.42. The first-order valence-electron chi connectivity index (χ1n) is 4.59. The van der Waals surface area contributed by atoms with Gasteiger partial charge < -0.3 is 10.1 Å². The number of nitrogens with two attached hydrogens (primary N) is 1. The number of rotatable bonds is 5. The van der Waals surface area contributed by atoms with Crippen LogP contribution in [0.2, 0.25) is 10.0 Å². The van der Waals surface area contributed by atoms with E-state index in [0.29, 0.717) is 16.7 Å². The summed E-state index contributed by atoms with van der Waals surface area (Å²) in [6.07, 6.45) is 1.02. The first-order valence-corrected chi connectivity index (χ1v) is 5.35. The van der Waals surface area contributed by atoms with E-state index in [2.05, 4.69) is 5.32 Å². The van der Waals surface area contributed by atoms with Crippen molar-refractivity contribution in [1.82, 2.24) is 0 Å². The second-order valence-electron chi connectivity index (χ2n) is 2.97. The average molecular weight is 235 g/mol. The standard InChI is InChI=1S/C10H13Cl2NO/c1-13-5-2-6-14-8-3-4-9(11)10(12)7-8/h3-4,7,13H,2,5-6H2,1H3/p+1. The van der Waals surface area contributed by atoms with Crippen LogP contribution in [0.3, 0.4) is 0 Å². The third-order valence-electron chi connectivity index (χ3n) is 1.80. The van der Waals surface area contributed by atoms with Crippen LogP contribution >= 0.6 is 23.2 Å². The molecular formula is C10H14Cl2NO+. The molecule has 0 atom stereocenters. The first kappa shape index (κ1) is 11.6. The maximum atomic E-state index is 5.84. The molecule has 0 saturated carbocycles. The van der Waals surface area contributed by atoms with Crippen LogP contribution in [0.4, 0.5) is 0 Å². The Labute approximate surface area is 94.2 Å². The largest absolute Gasteiger partial charge is 0.493 e. The normalized spacial score (nSPS) is 10.2. The maximum absolute atomic E-state index is 5.84. The fourth-order valence-corrected chi connectivity index (χ4v) is 1.33. The Morgan fingerprint density at radius 3 is 2.71 bits per heavy atom. The fraction of sp³-hybridized carbons (Fsp3) is 0.400. The van der Waals surface area contributed by atoms with Gasteiger partial charge in [-0.1, -0.05) is 23.2 Å². The Hall–Kier alpha value is -0.440. The highest BCUT2D eigenvalue weighted by Gasteiger charge is 1.99. The second kappa shape index (κ2) is 6.12. The Kier molecular flexibility index (Phi) is 5.09. The first-order chi connectivity index (χ1) is 6.74. The van der Waals surface area contributed by atoms with Gasteiger partial charge in [0.25, 0.3) is 0 Å². The summed E-state index contributed by atoms with van der Waals surface area (Å²) in [5.74, 6) is 0.774. The van der Waals surface area contributed by atoms with Gasteiger partial charge in [0, 0.05) is 12.5 Å². The van der Waals surface area contributed by atoms with Gasteiger partial charge in [0.15, 0.2) is 0 Å². The molecule has 4 heteroatoms. The van der Waals surface area contributed by atoms with Crippen molar-refractivity contribution < 1.29 is 10.1 Å². The van der Waals surface area contributed by atoms with Crippen molar-refractivity contribution in [3.05, 3.63) is 28.2 Å². The Balaban J connectivity index is 2.39. The average Bonchev–Trinajstić information content (AvgIpc) is 2.18. The highest BCUT2D eigenvalue weighted by Crippen LogP contribution is 2.26.